The van der Waals surface area contributed by atoms with Gasteiger partial charge in [0.25, 0.3) is 0 Å². The normalized spacial score (nSPS) is 10.8. The molecule has 2 rings (SSSR count). The molecule has 1 heterocycles. The molecule has 0 amide bonds. The highest BCUT2D eigenvalue weighted by Gasteiger charge is 2.11. The predicted octanol–water partition coefficient (Wildman–Crippen LogP) is 3.31. The Kier molecular flexibility index (Phi) is 4.37. The molecule has 0 unspecified atom stereocenters. The summed E-state index contributed by atoms with van der Waals surface area (Å²) in [5.74, 6) is 2.17. The summed E-state index contributed by atoms with van der Waals surface area (Å²) in [5, 5.41) is 0.958. The Morgan fingerprint density at radius 2 is 1.95 bits per heavy atom. The van der Waals surface area contributed by atoms with Crippen LogP contribution in [0.5, 0.6) is 5.75 Å². The van der Waals surface area contributed by atoms with Gasteiger partial charge in [-0.3, -0.25) is 0 Å². The number of benzene rings is 1. The molecule has 0 saturated heterocycles. The van der Waals surface area contributed by atoms with E-state index in [4.69, 9.17) is 4.74 Å². The van der Waals surface area contributed by atoms with Crippen molar-refractivity contribution in [2.75, 3.05) is 19.1 Å². The molecule has 0 aliphatic carbocycles. The van der Waals surface area contributed by atoms with E-state index in [9.17, 15) is 0 Å². The lowest BCUT2D eigenvalue weighted by molar-refractivity contribution is 0.414. The second-order valence-corrected chi connectivity index (χ2v) is 5.52. The van der Waals surface area contributed by atoms with Gasteiger partial charge in [-0.25, -0.2) is 4.98 Å². The smallest absolute Gasteiger partial charge is 0.205 e. The number of ether oxygens (including phenoxy) is 1. The molecule has 19 heavy (non-hydrogen) atoms. The molecule has 1 aromatic heterocycles. The van der Waals surface area contributed by atoms with Crippen LogP contribution in [-0.2, 0) is 6.54 Å². The lowest BCUT2D eigenvalue weighted by atomic mass is 10.2. The minimum atomic E-state index is 0.374. The summed E-state index contributed by atoms with van der Waals surface area (Å²) in [6.45, 7) is 5.03. The first-order chi connectivity index (χ1) is 9.10. The van der Waals surface area contributed by atoms with Crippen molar-refractivity contribution in [1.29, 1.82) is 0 Å². The molecule has 0 bridgehead atoms. The molecular formula is C14H19N3OS. The van der Waals surface area contributed by atoms with Crippen molar-refractivity contribution in [3.8, 4) is 5.75 Å². The average Bonchev–Trinajstić information content (AvgIpc) is 2.89. The van der Waals surface area contributed by atoms with Gasteiger partial charge in [0.05, 0.1) is 7.11 Å². The molecule has 0 aliphatic rings. The Bertz CT molecular complexity index is 522. The van der Waals surface area contributed by atoms with Gasteiger partial charge in [0, 0.05) is 31.0 Å². The van der Waals surface area contributed by atoms with Crippen LogP contribution in [0.1, 0.15) is 31.2 Å². The van der Waals surface area contributed by atoms with Gasteiger partial charge in [-0.1, -0.05) is 26.0 Å². The van der Waals surface area contributed by atoms with E-state index in [1.54, 1.807) is 7.11 Å². The zero-order valence-electron chi connectivity index (χ0n) is 11.8. The summed E-state index contributed by atoms with van der Waals surface area (Å²) in [7, 11) is 3.71. The summed E-state index contributed by atoms with van der Waals surface area (Å²) < 4.78 is 9.53. The molecule has 102 valence electrons. The van der Waals surface area contributed by atoms with Gasteiger partial charge < -0.3 is 9.64 Å². The number of anilines is 1. The fraction of sp³-hybridized carbons (Fsp3) is 0.429. The topological polar surface area (TPSA) is 38.2 Å². The van der Waals surface area contributed by atoms with Crippen LogP contribution in [0.2, 0.25) is 0 Å². The third-order valence-corrected chi connectivity index (χ3v) is 3.70. The third kappa shape index (κ3) is 3.44. The van der Waals surface area contributed by atoms with Crippen molar-refractivity contribution in [2.45, 2.75) is 26.3 Å². The van der Waals surface area contributed by atoms with E-state index >= 15 is 0 Å². The van der Waals surface area contributed by atoms with Gasteiger partial charge in [-0.2, -0.15) is 4.37 Å². The highest BCUT2D eigenvalue weighted by molar-refractivity contribution is 7.09. The number of aromatic nitrogens is 2. The fourth-order valence-corrected chi connectivity index (χ4v) is 2.45. The Balaban J connectivity index is 2.04. The molecule has 0 fully saturated rings. The summed E-state index contributed by atoms with van der Waals surface area (Å²) in [4.78, 5) is 6.66. The maximum Gasteiger partial charge on any atom is 0.205 e. The second kappa shape index (κ2) is 6.02. The fourth-order valence-electron chi connectivity index (χ4n) is 1.69. The molecule has 0 saturated carbocycles. The van der Waals surface area contributed by atoms with Gasteiger partial charge >= 0.3 is 0 Å². The SMILES string of the molecule is COc1ccc(CN(C)c2nc(C(C)C)ns2)cc1. The molecule has 2 aromatic rings. The van der Waals surface area contributed by atoms with E-state index < -0.39 is 0 Å². The van der Waals surface area contributed by atoms with Crippen LogP contribution < -0.4 is 9.64 Å². The van der Waals surface area contributed by atoms with Crippen molar-refractivity contribution >= 4 is 16.7 Å². The molecule has 0 N–H and O–H groups in total. The molecule has 4 nitrogen and oxygen atoms in total. The summed E-state index contributed by atoms with van der Waals surface area (Å²) in [6, 6.07) is 8.09. The van der Waals surface area contributed by atoms with E-state index in [-0.39, 0.29) is 0 Å². The number of methoxy groups -OCH3 is 1. The van der Waals surface area contributed by atoms with Crippen molar-refractivity contribution in [2.24, 2.45) is 0 Å². The van der Waals surface area contributed by atoms with Gasteiger partial charge in [0.1, 0.15) is 11.6 Å². The molecule has 0 atom stereocenters. The van der Waals surface area contributed by atoms with Gasteiger partial charge in [0.15, 0.2) is 0 Å². The quantitative estimate of drug-likeness (QED) is 0.840. The molecule has 5 heteroatoms. The summed E-state index contributed by atoms with van der Waals surface area (Å²) >= 11 is 1.45. The largest absolute Gasteiger partial charge is 0.497 e. The van der Waals surface area contributed by atoms with E-state index in [1.807, 2.05) is 19.2 Å². The lowest BCUT2D eigenvalue weighted by Gasteiger charge is -2.15. The van der Waals surface area contributed by atoms with Crippen LogP contribution >= 0.6 is 11.5 Å². The van der Waals surface area contributed by atoms with Crippen LogP contribution in [0.4, 0.5) is 5.13 Å². The minimum Gasteiger partial charge on any atom is -0.497 e. The van der Waals surface area contributed by atoms with Crippen LogP contribution in [0.15, 0.2) is 24.3 Å². The van der Waals surface area contributed by atoms with Crippen LogP contribution in [-0.4, -0.2) is 23.5 Å². The summed E-state index contributed by atoms with van der Waals surface area (Å²) in [5.41, 5.74) is 1.23. The van der Waals surface area contributed by atoms with E-state index in [2.05, 4.69) is 40.2 Å². The Morgan fingerprint density at radius 1 is 1.26 bits per heavy atom. The van der Waals surface area contributed by atoms with Crippen molar-refractivity contribution in [3.63, 3.8) is 0 Å². The predicted molar refractivity (Wildman–Crippen MR) is 79.1 cm³/mol. The maximum atomic E-state index is 5.15. The number of hydrogen-bond donors (Lipinski definition) is 0. The molecule has 0 aliphatic heterocycles. The van der Waals surface area contributed by atoms with Crippen molar-refractivity contribution in [1.82, 2.24) is 9.36 Å². The Morgan fingerprint density at radius 3 is 2.47 bits per heavy atom. The van der Waals surface area contributed by atoms with E-state index in [0.717, 1.165) is 23.3 Å². The number of rotatable bonds is 5. The monoisotopic (exact) mass is 277 g/mol. The first kappa shape index (κ1) is 13.8. The highest BCUT2D eigenvalue weighted by Crippen LogP contribution is 2.22. The minimum absolute atomic E-state index is 0.374. The van der Waals surface area contributed by atoms with Crippen LogP contribution in [0, 0.1) is 0 Å². The van der Waals surface area contributed by atoms with Gasteiger partial charge in [-0.05, 0) is 17.7 Å². The Hall–Kier alpha value is -1.62. The second-order valence-electron chi connectivity index (χ2n) is 4.79. The van der Waals surface area contributed by atoms with E-state index in [1.165, 1.54) is 17.1 Å². The van der Waals surface area contributed by atoms with Gasteiger partial charge in [0.2, 0.25) is 5.13 Å². The van der Waals surface area contributed by atoms with E-state index in [0.29, 0.717) is 5.92 Å². The first-order valence-electron chi connectivity index (χ1n) is 6.28. The number of hydrogen-bond acceptors (Lipinski definition) is 5. The molecular weight excluding hydrogens is 258 g/mol. The zero-order valence-corrected chi connectivity index (χ0v) is 12.6. The van der Waals surface area contributed by atoms with Crippen LogP contribution in [0.25, 0.3) is 0 Å². The molecule has 0 radical (unpaired) electrons. The maximum absolute atomic E-state index is 5.15. The highest BCUT2D eigenvalue weighted by atomic mass is 32.1. The zero-order chi connectivity index (χ0) is 13.8. The van der Waals surface area contributed by atoms with Crippen molar-refractivity contribution < 1.29 is 4.74 Å². The molecule has 0 spiro atoms. The first-order valence-corrected chi connectivity index (χ1v) is 7.05. The molecule has 1 aromatic carbocycles. The lowest BCUT2D eigenvalue weighted by Crippen LogP contribution is -2.16. The average molecular weight is 277 g/mol. The standard InChI is InChI=1S/C14H19N3OS/c1-10(2)13-15-14(19-16-13)17(3)9-11-5-7-12(18-4)8-6-11/h5-8,10H,9H2,1-4H3. The third-order valence-electron chi connectivity index (χ3n) is 2.85. The Labute approximate surface area is 118 Å². The van der Waals surface area contributed by atoms with Crippen molar-refractivity contribution in [3.05, 3.63) is 35.7 Å². The van der Waals surface area contributed by atoms with Crippen LogP contribution in [0.3, 0.4) is 0 Å². The number of nitrogens with zero attached hydrogens (tertiary/aromatic N) is 3. The van der Waals surface area contributed by atoms with Gasteiger partial charge in [-0.15, -0.1) is 0 Å². The summed E-state index contributed by atoms with van der Waals surface area (Å²) in [6.07, 6.45) is 0.